The van der Waals surface area contributed by atoms with Gasteiger partial charge < -0.3 is 14.4 Å². The lowest BCUT2D eigenvalue weighted by Crippen LogP contribution is -2.44. The van der Waals surface area contributed by atoms with Gasteiger partial charge in [0, 0.05) is 61.1 Å². The van der Waals surface area contributed by atoms with Gasteiger partial charge in [-0.25, -0.2) is 9.37 Å². The van der Waals surface area contributed by atoms with Gasteiger partial charge in [-0.05, 0) is 50.7 Å². The summed E-state index contributed by atoms with van der Waals surface area (Å²) < 4.78 is 16.3. The highest BCUT2D eigenvalue weighted by molar-refractivity contribution is 6.00. The van der Waals surface area contributed by atoms with Gasteiger partial charge in [-0.3, -0.25) is 4.79 Å². The number of carbonyl (C=O) groups is 1. The van der Waals surface area contributed by atoms with Crippen molar-refractivity contribution in [3.63, 3.8) is 0 Å². The van der Waals surface area contributed by atoms with Crippen molar-refractivity contribution < 1.29 is 9.18 Å². The third kappa shape index (κ3) is 3.29. The highest BCUT2D eigenvalue weighted by atomic mass is 19.1. The Bertz CT molecular complexity index is 1000. The normalized spacial score (nSPS) is 15.5. The van der Waals surface area contributed by atoms with Gasteiger partial charge in [0.05, 0.1) is 5.52 Å². The fourth-order valence-electron chi connectivity index (χ4n) is 3.84. The van der Waals surface area contributed by atoms with Crippen LogP contribution in [-0.2, 0) is 0 Å². The fraction of sp³-hybridized carbons (Fsp3) is 0.364. The maximum atomic E-state index is 14.4. The first-order chi connectivity index (χ1) is 13.5. The number of fused-ring (bicyclic) bond motifs is 1. The molecule has 0 atom stereocenters. The van der Waals surface area contributed by atoms with Crippen molar-refractivity contribution in [1.82, 2.24) is 14.5 Å². The van der Waals surface area contributed by atoms with Crippen LogP contribution in [0, 0.1) is 5.82 Å². The summed E-state index contributed by atoms with van der Waals surface area (Å²) in [5.74, 6) is 0.603. The van der Waals surface area contributed by atoms with Gasteiger partial charge in [-0.1, -0.05) is 0 Å². The molecule has 3 heterocycles. The van der Waals surface area contributed by atoms with E-state index in [1.165, 1.54) is 6.20 Å². The molecule has 1 fully saturated rings. The summed E-state index contributed by atoms with van der Waals surface area (Å²) in [5, 5.41) is 0.384. The molecule has 0 bridgehead atoms. The number of pyridine rings is 1. The van der Waals surface area contributed by atoms with Crippen LogP contribution in [0.25, 0.3) is 22.0 Å². The number of carbonyl (C=O) groups excluding carboxylic acids is 1. The second-order valence-electron chi connectivity index (χ2n) is 7.75. The summed E-state index contributed by atoms with van der Waals surface area (Å²) >= 11 is 0. The molecule has 1 aliphatic rings. The molecule has 1 saturated heterocycles. The van der Waals surface area contributed by atoms with E-state index in [0.29, 0.717) is 10.9 Å². The minimum Gasteiger partial charge on any atom is -0.354 e. The average molecular weight is 380 g/mol. The zero-order valence-corrected chi connectivity index (χ0v) is 16.5. The van der Waals surface area contributed by atoms with Gasteiger partial charge in [0.25, 0.3) is 0 Å². The monoisotopic (exact) mass is 380 g/mol. The Morgan fingerprint density at radius 2 is 1.86 bits per heavy atom. The Morgan fingerprint density at radius 1 is 1.11 bits per heavy atom. The molecule has 5 nitrogen and oxygen atoms in total. The van der Waals surface area contributed by atoms with Crippen LogP contribution in [0.1, 0.15) is 30.2 Å². The predicted molar refractivity (Wildman–Crippen MR) is 111 cm³/mol. The standard InChI is InChI=1S/C22H25FN4O/c1-15(2)27-13-19(23)22-18(14-28)10-17(11-20(22)27)16-4-5-21(24-12-16)26-8-6-25(3)7-9-26/h4-5,10-15H,6-9H2,1-3H3. The number of aromatic nitrogens is 2. The van der Waals surface area contributed by atoms with Crippen molar-refractivity contribution in [2.45, 2.75) is 19.9 Å². The molecule has 0 saturated carbocycles. The molecule has 0 unspecified atom stereocenters. The predicted octanol–water partition coefficient (Wildman–Crippen LogP) is 3.99. The summed E-state index contributed by atoms with van der Waals surface area (Å²) in [5.41, 5.74) is 2.88. The average Bonchev–Trinajstić information content (AvgIpc) is 3.05. The maximum absolute atomic E-state index is 14.4. The van der Waals surface area contributed by atoms with Crippen molar-refractivity contribution in [2.75, 3.05) is 38.1 Å². The van der Waals surface area contributed by atoms with Crippen LogP contribution in [-0.4, -0.2) is 54.0 Å². The summed E-state index contributed by atoms with van der Waals surface area (Å²) in [4.78, 5) is 20.9. The van der Waals surface area contributed by atoms with Gasteiger partial charge >= 0.3 is 0 Å². The number of piperazine rings is 1. The van der Waals surface area contributed by atoms with E-state index in [9.17, 15) is 9.18 Å². The first-order valence-electron chi connectivity index (χ1n) is 9.67. The van der Waals surface area contributed by atoms with E-state index in [4.69, 9.17) is 0 Å². The van der Waals surface area contributed by atoms with Crippen molar-refractivity contribution in [2.24, 2.45) is 0 Å². The van der Waals surface area contributed by atoms with Crippen molar-refractivity contribution >= 4 is 23.0 Å². The van der Waals surface area contributed by atoms with Crippen LogP contribution < -0.4 is 4.90 Å². The minimum atomic E-state index is -0.360. The molecule has 3 aromatic rings. The lowest BCUT2D eigenvalue weighted by Gasteiger charge is -2.33. The number of hydrogen-bond acceptors (Lipinski definition) is 4. The first kappa shape index (κ1) is 18.6. The Kier molecular flexibility index (Phi) is 4.89. The molecular weight excluding hydrogens is 355 g/mol. The lowest BCUT2D eigenvalue weighted by atomic mass is 10.0. The van der Waals surface area contributed by atoms with Gasteiger partial charge in [0.15, 0.2) is 6.29 Å². The molecule has 0 radical (unpaired) electrons. The molecule has 4 rings (SSSR count). The number of aldehydes is 1. The summed E-state index contributed by atoms with van der Waals surface area (Å²) in [6, 6.07) is 7.83. The zero-order chi connectivity index (χ0) is 19.8. The highest BCUT2D eigenvalue weighted by Crippen LogP contribution is 2.32. The van der Waals surface area contributed by atoms with Crippen LogP contribution in [0.2, 0.25) is 0 Å². The van der Waals surface area contributed by atoms with Crippen LogP contribution in [0.5, 0.6) is 0 Å². The number of benzene rings is 1. The van der Waals surface area contributed by atoms with E-state index in [1.807, 2.05) is 42.8 Å². The minimum absolute atomic E-state index is 0.0967. The Labute approximate surface area is 164 Å². The number of rotatable bonds is 4. The van der Waals surface area contributed by atoms with E-state index in [2.05, 4.69) is 21.8 Å². The maximum Gasteiger partial charge on any atom is 0.150 e. The number of likely N-dealkylation sites (N-methyl/N-ethyl adjacent to an activating group) is 1. The molecule has 146 valence electrons. The van der Waals surface area contributed by atoms with Crippen molar-refractivity contribution in [3.8, 4) is 11.1 Å². The summed E-state index contributed by atoms with van der Waals surface area (Å²) in [7, 11) is 2.13. The van der Waals surface area contributed by atoms with Gasteiger partial charge in [0.1, 0.15) is 11.6 Å². The molecule has 1 aliphatic heterocycles. The van der Waals surface area contributed by atoms with Crippen LogP contribution in [0.15, 0.2) is 36.7 Å². The van der Waals surface area contributed by atoms with E-state index >= 15 is 0 Å². The van der Waals surface area contributed by atoms with E-state index < -0.39 is 0 Å². The number of halogens is 1. The Morgan fingerprint density at radius 3 is 2.46 bits per heavy atom. The lowest BCUT2D eigenvalue weighted by molar-refractivity contribution is 0.112. The van der Waals surface area contributed by atoms with Crippen LogP contribution >= 0.6 is 0 Å². The Hall–Kier alpha value is -2.73. The van der Waals surface area contributed by atoms with E-state index in [0.717, 1.165) is 54.9 Å². The first-order valence-corrected chi connectivity index (χ1v) is 9.67. The fourth-order valence-corrected chi connectivity index (χ4v) is 3.84. The van der Waals surface area contributed by atoms with E-state index in [-0.39, 0.29) is 11.9 Å². The largest absolute Gasteiger partial charge is 0.354 e. The summed E-state index contributed by atoms with van der Waals surface area (Å²) in [6.45, 7) is 7.98. The topological polar surface area (TPSA) is 41.4 Å². The molecule has 1 aromatic carbocycles. The second kappa shape index (κ2) is 7.36. The number of anilines is 1. The van der Waals surface area contributed by atoms with E-state index in [1.54, 1.807) is 6.07 Å². The second-order valence-corrected chi connectivity index (χ2v) is 7.75. The smallest absolute Gasteiger partial charge is 0.150 e. The van der Waals surface area contributed by atoms with Crippen LogP contribution in [0.4, 0.5) is 10.2 Å². The van der Waals surface area contributed by atoms with Gasteiger partial charge in [0.2, 0.25) is 0 Å². The SMILES string of the molecule is CC(C)n1cc(F)c2c(C=O)cc(-c3ccc(N4CCN(C)CC4)nc3)cc21. The van der Waals surface area contributed by atoms with Gasteiger partial charge in [-0.15, -0.1) is 0 Å². The number of nitrogens with zero attached hydrogens (tertiary/aromatic N) is 4. The van der Waals surface area contributed by atoms with Gasteiger partial charge in [-0.2, -0.15) is 0 Å². The molecule has 0 aliphatic carbocycles. The molecule has 28 heavy (non-hydrogen) atoms. The zero-order valence-electron chi connectivity index (χ0n) is 16.5. The third-order valence-corrected chi connectivity index (χ3v) is 5.51. The molecule has 0 N–H and O–H groups in total. The molecule has 0 amide bonds. The molecule has 6 heteroatoms. The third-order valence-electron chi connectivity index (χ3n) is 5.51. The molecular formula is C22H25FN4O. The van der Waals surface area contributed by atoms with Crippen LogP contribution in [0.3, 0.4) is 0 Å². The quantitative estimate of drug-likeness (QED) is 0.642. The molecule has 0 spiro atoms. The van der Waals surface area contributed by atoms with Crippen molar-refractivity contribution in [3.05, 3.63) is 48.0 Å². The molecule has 2 aromatic heterocycles. The van der Waals surface area contributed by atoms with Crippen molar-refractivity contribution in [1.29, 1.82) is 0 Å². The Balaban J connectivity index is 1.72. The number of hydrogen-bond donors (Lipinski definition) is 0. The summed E-state index contributed by atoms with van der Waals surface area (Å²) in [6.07, 6.45) is 4.04. The highest BCUT2D eigenvalue weighted by Gasteiger charge is 2.18.